The molecule has 4 rings (SSSR count). The monoisotopic (exact) mass is 491 g/mol. The van der Waals surface area contributed by atoms with E-state index in [2.05, 4.69) is 29.7 Å². The SMILES string of the molecule is CS(=O)(=O)O.Cc1cc(NC2CCC(NC(=O)c3ccc(F)c(F)c3)CC2)nc2ccccc12. The second-order valence-corrected chi connectivity index (χ2v) is 9.84. The van der Waals surface area contributed by atoms with Gasteiger partial charge in [0, 0.05) is 23.0 Å². The summed E-state index contributed by atoms with van der Waals surface area (Å²) in [6.07, 6.45) is 4.15. The summed E-state index contributed by atoms with van der Waals surface area (Å²) in [6, 6.07) is 13.7. The highest BCUT2D eigenvalue weighted by atomic mass is 32.2. The van der Waals surface area contributed by atoms with E-state index in [0.29, 0.717) is 12.3 Å². The van der Waals surface area contributed by atoms with Crippen molar-refractivity contribution in [2.24, 2.45) is 0 Å². The quantitative estimate of drug-likeness (QED) is 0.465. The molecular weight excluding hydrogens is 464 g/mol. The third-order valence-corrected chi connectivity index (χ3v) is 5.52. The Hall–Kier alpha value is -3.11. The molecule has 0 atom stereocenters. The van der Waals surface area contributed by atoms with E-state index in [0.717, 1.165) is 54.5 Å². The summed E-state index contributed by atoms with van der Waals surface area (Å²) >= 11 is 0. The van der Waals surface area contributed by atoms with Crippen molar-refractivity contribution in [1.82, 2.24) is 10.3 Å². The summed E-state index contributed by atoms with van der Waals surface area (Å²) in [5.74, 6) is -1.46. The Morgan fingerprint density at radius 2 is 1.62 bits per heavy atom. The maximum atomic E-state index is 13.3. The van der Waals surface area contributed by atoms with Gasteiger partial charge in [0.25, 0.3) is 16.0 Å². The summed E-state index contributed by atoms with van der Waals surface area (Å²) in [7, 11) is -3.67. The molecule has 1 aromatic heterocycles. The summed E-state index contributed by atoms with van der Waals surface area (Å²) in [5.41, 5.74) is 2.30. The number of carbonyl (C=O) groups is 1. The molecular formula is C24H27F2N3O4S. The standard InChI is InChI=1S/C23H23F2N3O.CH4O3S/c1-14-12-22(28-21-5-3-2-4-18(14)21)26-16-7-9-17(10-8-16)27-23(29)15-6-11-19(24)20(25)13-15;1-5(2,3)4/h2-6,11-13,16-17H,7-10H2,1H3,(H,26,28)(H,27,29);1H3,(H,2,3,4). The Bertz CT molecular complexity index is 1270. The highest BCUT2D eigenvalue weighted by Gasteiger charge is 2.23. The van der Waals surface area contributed by atoms with E-state index in [-0.39, 0.29) is 17.5 Å². The first-order valence-electron chi connectivity index (χ1n) is 10.8. The Morgan fingerprint density at radius 3 is 2.26 bits per heavy atom. The number of anilines is 1. The topological polar surface area (TPSA) is 108 Å². The minimum Gasteiger partial charge on any atom is -0.367 e. The second-order valence-electron chi connectivity index (χ2n) is 8.37. The van der Waals surface area contributed by atoms with Gasteiger partial charge in [0.2, 0.25) is 0 Å². The van der Waals surface area contributed by atoms with Gasteiger partial charge in [-0.3, -0.25) is 9.35 Å². The fraction of sp³-hybridized carbons (Fsp3) is 0.333. The number of pyridine rings is 1. The Kier molecular flexibility index (Phi) is 8.16. The van der Waals surface area contributed by atoms with E-state index in [4.69, 9.17) is 9.54 Å². The predicted octanol–water partition coefficient (Wildman–Crippen LogP) is 4.48. The molecule has 3 aromatic rings. The van der Waals surface area contributed by atoms with Crippen molar-refractivity contribution in [3.63, 3.8) is 0 Å². The van der Waals surface area contributed by atoms with Crippen LogP contribution in [0.3, 0.4) is 0 Å². The number of amides is 1. The van der Waals surface area contributed by atoms with Crippen molar-refractivity contribution in [3.05, 3.63) is 71.3 Å². The molecule has 0 aliphatic heterocycles. The number of aromatic nitrogens is 1. The first kappa shape index (κ1) is 25.5. The fourth-order valence-corrected chi connectivity index (χ4v) is 3.92. The van der Waals surface area contributed by atoms with Gasteiger partial charge >= 0.3 is 0 Å². The van der Waals surface area contributed by atoms with E-state index in [1.165, 1.54) is 11.6 Å². The number of hydrogen-bond donors (Lipinski definition) is 3. The largest absolute Gasteiger partial charge is 0.367 e. The van der Waals surface area contributed by atoms with Crippen LogP contribution < -0.4 is 10.6 Å². The van der Waals surface area contributed by atoms with Gasteiger partial charge in [0.15, 0.2) is 11.6 Å². The summed E-state index contributed by atoms with van der Waals surface area (Å²) in [5, 5.41) is 7.60. The van der Waals surface area contributed by atoms with E-state index in [9.17, 15) is 22.0 Å². The lowest BCUT2D eigenvalue weighted by Crippen LogP contribution is -2.40. The molecule has 0 bridgehead atoms. The van der Waals surface area contributed by atoms with E-state index in [1.54, 1.807) is 0 Å². The molecule has 10 heteroatoms. The molecule has 1 saturated carbocycles. The van der Waals surface area contributed by atoms with Gasteiger partial charge in [-0.1, -0.05) is 18.2 Å². The zero-order valence-electron chi connectivity index (χ0n) is 18.9. The van der Waals surface area contributed by atoms with Crippen LogP contribution in [0.15, 0.2) is 48.5 Å². The molecule has 34 heavy (non-hydrogen) atoms. The van der Waals surface area contributed by atoms with E-state index in [1.807, 2.05) is 18.2 Å². The van der Waals surface area contributed by atoms with Crippen molar-refractivity contribution < 1.29 is 26.5 Å². The minimum atomic E-state index is -3.67. The number of carbonyl (C=O) groups excluding carboxylic acids is 1. The Morgan fingerprint density at radius 1 is 1.00 bits per heavy atom. The molecule has 1 aliphatic carbocycles. The third kappa shape index (κ3) is 7.46. The van der Waals surface area contributed by atoms with E-state index >= 15 is 0 Å². The van der Waals surface area contributed by atoms with Crippen LogP contribution in [-0.4, -0.2) is 42.2 Å². The molecule has 0 spiro atoms. The predicted molar refractivity (Wildman–Crippen MR) is 127 cm³/mol. The molecule has 0 radical (unpaired) electrons. The Balaban J connectivity index is 0.000000588. The van der Waals surface area contributed by atoms with Crippen molar-refractivity contribution in [1.29, 1.82) is 0 Å². The normalized spacial score (nSPS) is 18.0. The van der Waals surface area contributed by atoms with Crippen LogP contribution in [0.5, 0.6) is 0 Å². The second kappa shape index (κ2) is 10.9. The fourth-order valence-electron chi connectivity index (χ4n) is 3.92. The van der Waals surface area contributed by atoms with Crippen molar-refractivity contribution in [2.75, 3.05) is 11.6 Å². The van der Waals surface area contributed by atoms with Gasteiger partial charge in [-0.25, -0.2) is 13.8 Å². The number of rotatable bonds is 4. The number of benzene rings is 2. The van der Waals surface area contributed by atoms with Gasteiger partial charge in [0.05, 0.1) is 11.8 Å². The van der Waals surface area contributed by atoms with Crippen LogP contribution in [0.2, 0.25) is 0 Å². The Labute approximate surface area is 197 Å². The van der Waals surface area contributed by atoms with Crippen LogP contribution in [0, 0.1) is 18.6 Å². The van der Waals surface area contributed by atoms with Crippen LogP contribution >= 0.6 is 0 Å². The first-order chi connectivity index (χ1) is 16.0. The maximum Gasteiger partial charge on any atom is 0.261 e. The lowest BCUT2D eigenvalue weighted by atomic mass is 9.91. The number of nitrogens with zero attached hydrogens (tertiary/aromatic N) is 1. The maximum absolute atomic E-state index is 13.3. The molecule has 1 aliphatic rings. The van der Waals surface area contributed by atoms with Gasteiger partial charge < -0.3 is 10.6 Å². The van der Waals surface area contributed by atoms with Crippen LogP contribution in [0.4, 0.5) is 14.6 Å². The highest BCUT2D eigenvalue weighted by Crippen LogP contribution is 2.25. The number of halogens is 2. The number of fused-ring (bicyclic) bond motifs is 1. The zero-order chi connectivity index (χ0) is 24.9. The van der Waals surface area contributed by atoms with Gasteiger partial charge in [0.1, 0.15) is 5.82 Å². The van der Waals surface area contributed by atoms with Gasteiger partial charge in [-0.2, -0.15) is 8.42 Å². The molecule has 0 unspecified atom stereocenters. The lowest BCUT2D eigenvalue weighted by molar-refractivity contribution is 0.0926. The number of para-hydroxylation sites is 1. The number of nitrogens with one attached hydrogen (secondary N) is 2. The van der Waals surface area contributed by atoms with Crippen LogP contribution in [0.25, 0.3) is 10.9 Å². The van der Waals surface area contributed by atoms with Crippen molar-refractivity contribution in [2.45, 2.75) is 44.7 Å². The van der Waals surface area contributed by atoms with Gasteiger partial charge in [-0.15, -0.1) is 0 Å². The molecule has 182 valence electrons. The van der Waals surface area contributed by atoms with Crippen LogP contribution in [-0.2, 0) is 10.1 Å². The zero-order valence-corrected chi connectivity index (χ0v) is 19.7. The smallest absolute Gasteiger partial charge is 0.261 e. The third-order valence-electron chi connectivity index (χ3n) is 5.52. The summed E-state index contributed by atoms with van der Waals surface area (Å²) in [4.78, 5) is 17.0. The summed E-state index contributed by atoms with van der Waals surface area (Å²) in [6.45, 7) is 2.08. The van der Waals surface area contributed by atoms with Crippen LogP contribution in [0.1, 0.15) is 41.6 Å². The minimum absolute atomic E-state index is 0.0277. The van der Waals surface area contributed by atoms with Crippen molar-refractivity contribution >= 4 is 32.7 Å². The molecule has 1 amide bonds. The molecule has 1 fully saturated rings. The number of aryl methyl sites for hydroxylation is 1. The average Bonchev–Trinajstić information content (AvgIpc) is 2.76. The highest BCUT2D eigenvalue weighted by molar-refractivity contribution is 7.85. The first-order valence-corrected chi connectivity index (χ1v) is 12.7. The molecule has 3 N–H and O–H groups in total. The van der Waals surface area contributed by atoms with E-state index < -0.39 is 21.8 Å². The lowest BCUT2D eigenvalue weighted by Gasteiger charge is -2.30. The molecule has 1 heterocycles. The molecule has 0 saturated heterocycles. The number of hydrogen-bond acceptors (Lipinski definition) is 5. The summed E-state index contributed by atoms with van der Waals surface area (Å²) < 4.78 is 52.2. The molecule has 7 nitrogen and oxygen atoms in total. The molecule has 2 aromatic carbocycles. The van der Waals surface area contributed by atoms with Crippen molar-refractivity contribution in [3.8, 4) is 0 Å². The van der Waals surface area contributed by atoms with Gasteiger partial charge in [-0.05, 0) is 68.5 Å². The average molecular weight is 492 g/mol.